The minimum Gasteiger partial charge on any atom is -0.358 e. The van der Waals surface area contributed by atoms with Crippen molar-refractivity contribution in [1.82, 2.24) is 9.88 Å². The number of hydrogen-bond acceptors (Lipinski definition) is 4. The molecule has 1 atom stereocenters. The predicted octanol–water partition coefficient (Wildman–Crippen LogP) is 1.25. The van der Waals surface area contributed by atoms with Crippen LogP contribution >= 0.6 is 11.6 Å². The van der Waals surface area contributed by atoms with Gasteiger partial charge in [0.25, 0.3) is 0 Å². The predicted molar refractivity (Wildman–Crippen MR) is 63.6 cm³/mol. The summed E-state index contributed by atoms with van der Waals surface area (Å²) in [6.45, 7) is 0.731. The Morgan fingerprint density at radius 2 is 2.41 bits per heavy atom. The van der Waals surface area contributed by atoms with Crippen molar-refractivity contribution in [2.24, 2.45) is 0 Å². The van der Waals surface area contributed by atoms with Gasteiger partial charge in [-0.15, -0.1) is 0 Å². The van der Waals surface area contributed by atoms with Gasteiger partial charge in [-0.3, -0.25) is 4.79 Å². The Hall–Kier alpha value is -1.80. The average molecular weight is 251 g/mol. The number of aromatic nitrogens is 1. The van der Waals surface area contributed by atoms with Gasteiger partial charge in [0.2, 0.25) is 5.91 Å². The van der Waals surface area contributed by atoms with E-state index in [4.69, 9.17) is 16.9 Å². The molecule has 0 radical (unpaired) electrons. The number of halogens is 1. The molecule has 1 aromatic heterocycles. The molecule has 6 heteroatoms. The molecule has 1 aliphatic rings. The molecule has 1 N–H and O–H groups in total. The molecule has 2 rings (SSSR count). The highest BCUT2D eigenvalue weighted by molar-refractivity contribution is 6.31. The third-order valence-electron chi connectivity index (χ3n) is 2.70. The first kappa shape index (κ1) is 11.7. The largest absolute Gasteiger partial charge is 0.358 e. The van der Waals surface area contributed by atoms with E-state index in [2.05, 4.69) is 10.3 Å². The first-order valence-corrected chi connectivity index (χ1v) is 5.58. The number of pyridine rings is 1. The molecule has 0 bridgehead atoms. The summed E-state index contributed by atoms with van der Waals surface area (Å²) in [5, 5.41) is 12.1. The zero-order valence-electron chi connectivity index (χ0n) is 9.27. The molecule has 2 heterocycles. The second-order valence-corrected chi connectivity index (χ2v) is 4.29. The fraction of sp³-hybridized carbons (Fsp3) is 0.364. The van der Waals surface area contributed by atoms with E-state index < -0.39 is 0 Å². The Bertz CT molecular complexity index is 497. The van der Waals surface area contributed by atoms with Gasteiger partial charge in [-0.05, 0) is 18.6 Å². The van der Waals surface area contributed by atoms with Crippen LogP contribution in [0.15, 0.2) is 12.1 Å². The summed E-state index contributed by atoms with van der Waals surface area (Å²) in [6.07, 6.45) is 0.738. The average Bonchev–Trinajstić information content (AvgIpc) is 2.63. The molecular formula is C11H11ClN4O. The summed E-state index contributed by atoms with van der Waals surface area (Å²) in [6, 6.07) is 4.90. The van der Waals surface area contributed by atoms with E-state index in [-0.39, 0.29) is 17.6 Å². The number of hydrogen-bond donors (Lipinski definition) is 1. The van der Waals surface area contributed by atoms with Gasteiger partial charge in [-0.25, -0.2) is 4.98 Å². The fourth-order valence-electron chi connectivity index (χ4n) is 1.74. The first-order valence-electron chi connectivity index (χ1n) is 5.20. The molecule has 1 amide bonds. The molecule has 1 fully saturated rings. The summed E-state index contributed by atoms with van der Waals surface area (Å²) >= 11 is 5.78. The molecule has 0 aromatic carbocycles. The number of rotatable bonds is 2. The maximum Gasteiger partial charge on any atom is 0.244 e. The van der Waals surface area contributed by atoms with Crippen LogP contribution in [0.5, 0.6) is 0 Å². The van der Waals surface area contributed by atoms with Crippen LogP contribution in [0.1, 0.15) is 12.1 Å². The maximum atomic E-state index is 11.7. The fourth-order valence-corrected chi connectivity index (χ4v) is 1.88. The number of likely N-dealkylation sites (N-methyl/N-ethyl adjacent to an activating group) is 1. The monoisotopic (exact) mass is 250 g/mol. The van der Waals surface area contributed by atoms with E-state index in [1.165, 1.54) is 0 Å². The van der Waals surface area contributed by atoms with Crippen molar-refractivity contribution < 1.29 is 4.79 Å². The number of carbonyl (C=O) groups is 1. The molecule has 0 saturated carbocycles. The SMILES string of the molecule is CN1CCC(Nc2ccc(Cl)c(C#N)n2)C1=O. The third-order valence-corrected chi connectivity index (χ3v) is 3.01. The highest BCUT2D eigenvalue weighted by atomic mass is 35.5. The quantitative estimate of drug-likeness (QED) is 0.858. The van der Waals surface area contributed by atoms with Crippen LogP contribution in [0.25, 0.3) is 0 Å². The minimum atomic E-state index is -0.264. The molecule has 0 spiro atoms. The van der Waals surface area contributed by atoms with Gasteiger partial charge < -0.3 is 10.2 Å². The maximum absolute atomic E-state index is 11.7. The summed E-state index contributed by atoms with van der Waals surface area (Å²) in [4.78, 5) is 17.4. The summed E-state index contributed by atoms with van der Waals surface area (Å²) in [5.74, 6) is 0.542. The molecule has 1 unspecified atom stereocenters. The van der Waals surface area contributed by atoms with Gasteiger partial charge in [-0.2, -0.15) is 5.26 Å². The minimum absolute atomic E-state index is 0.0419. The van der Waals surface area contributed by atoms with Crippen molar-refractivity contribution in [1.29, 1.82) is 5.26 Å². The number of amides is 1. The number of carbonyl (C=O) groups excluding carboxylic acids is 1. The van der Waals surface area contributed by atoms with E-state index >= 15 is 0 Å². The molecule has 88 valence electrons. The molecule has 1 saturated heterocycles. The van der Waals surface area contributed by atoms with Crippen molar-refractivity contribution in [3.05, 3.63) is 22.8 Å². The smallest absolute Gasteiger partial charge is 0.244 e. The zero-order valence-corrected chi connectivity index (χ0v) is 10.0. The van der Waals surface area contributed by atoms with Crippen LogP contribution in [-0.4, -0.2) is 35.4 Å². The van der Waals surface area contributed by atoms with Crippen LogP contribution in [0.4, 0.5) is 5.82 Å². The highest BCUT2D eigenvalue weighted by Crippen LogP contribution is 2.18. The van der Waals surface area contributed by atoms with Gasteiger partial charge in [-0.1, -0.05) is 11.6 Å². The van der Waals surface area contributed by atoms with Gasteiger partial charge in [0.1, 0.15) is 17.9 Å². The molecule has 5 nitrogen and oxygen atoms in total. The second-order valence-electron chi connectivity index (χ2n) is 3.88. The van der Waals surface area contributed by atoms with Crippen molar-refractivity contribution in [3.63, 3.8) is 0 Å². The lowest BCUT2D eigenvalue weighted by atomic mass is 10.2. The van der Waals surface area contributed by atoms with Crippen molar-refractivity contribution in [2.45, 2.75) is 12.5 Å². The summed E-state index contributed by atoms with van der Waals surface area (Å²) in [7, 11) is 1.76. The Kier molecular flexibility index (Phi) is 3.16. The molecule has 17 heavy (non-hydrogen) atoms. The van der Waals surface area contributed by atoms with Crippen molar-refractivity contribution in [2.75, 3.05) is 18.9 Å². The molecular weight excluding hydrogens is 240 g/mol. The van der Waals surface area contributed by atoms with E-state index in [0.29, 0.717) is 10.8 Å². The second kappa shape index (κ2) is 4.60. The summed E-state index contributed by atoms with van der Waals surface area (Å²) < 4.78 is 0. The van der Waals surface area contributed by atoms with E-state index in [9.17, 15) is 4.79 Å². The molecule has 0 aliphatic carbocycles. The van der Waals surface area contributed by atoms with Crippen LogP contribution in [0.2, 0.25) is 5.02 Å². The lowest BCUT2D eigenvalue weighted by Gasteiger charge is -2.12. The lowest BCUT2D eigenvalue weighted by molar-refractivity contribution is -0.127. The van der Waals surface area contributed by atoms with Crippen LogP contribution in [0.3, 0.4) is 0 Å². The van der Waals surface area contributed by atoms with Crippen LogP contribution < -0.4 is 5.32 Å². The van der Waals surface area contributed by atoms with E-state index in [1.54, 1.807) is 24.1 Å². The molecule has 1 aliphatic heterocycles. The van der Waals surface area contributed by atoms with Gasteiger partial charge in [0, 0.05) is 13.6 Å². The number of likely N-dealkylation sites (tertiary alicyclic amines) is 1. The number of nitrogens with zero attached hydrogens (tertiary/aromatic N) is 3. The summed E-state index contributed by atoms with van der Waals surface area (Å²) in [5.41, 5.74) is 0.162. The Labute approximate surface area is 104 Å². The van der Waals surface area contributed by atoms with Crippen LogP contribution in [0, 0.1) is 11.3 Å². The standard InChI is InChI=1S/C11H11ClN4O/c1-16-5-4-8(11(16)17)14-10-3-2-7(12)9(6-13)15-10/h2-3,8H,4-5H2,1H3,(H,14,15). The Morgan fingerprint density at radius 1 is 1.65 bits per heavy atom. The zero-order chi connectivity index (χ0) is 12.4. The number of anilines is 1. The van der Waals surface area contributed by atoms with Gasteiger partial charge in [0.05, 0.1) is 5.02 Å². The van der Waals surface area contributed by atoms with Crippen LogP contribution in [-0.2, 0) is 4.79 Å². The number of nitriles is 1. The highest BCUT2D eigenvalue weighted by Gasteiger charge is 2.29. The van der Waals surface area contributed by atoms with Crippen molar-refractivity contribution >= 4 is 23.3 Å². The lowest BCUT2D eigenvalue weighted by Crippen LogP contribution is -2.31. The van der Waals surface area contributed by atoms with Crippen molar-refractivity contribution in [3.8, 4) is 6.07 Å². The normalized spacial score (nSPS) is 19.2. The first-order chi connectivity index (χ1) is 8.11. The number of nitrogens with one attached hydrogen (secondary N) is 1. The van der Waals surface area contributed by atoms with E-state index in [0.717, 1.165) is 13.0 Å². The Morgan fingerprint density at radius 3 is 3.00 bits per heavy atom. The van der Waals surface area contributed by atoms with Gasteiger partial charge >= 0.3 is 0 Å². The molecule has 1 aromatic rings. The topological polar surface area (TPSA) is 69.0 Å². The van der Waals surface area contributed by atoms with Gasteiger partial charge in [0.15, 0.2) is 5.69 Å². The Balaban J connectivity index is 2.15. The van der Waals surface area contributed by atoms with E-state index in [1.807, 2.05) is 6.07 Å². The third kappa shape index (κ3) is 2.32.